The molecule has 0 heterocycles. The number of aliphatic hydroxyl groups excluding tert-OH is 2. The van der Waals surface area contributed by atoms with Gasteiger partial charge in [0.1, 0.15) is 0 Å². The zero-order valence-electron chi connectivity index (χ0n) is 10.2. The zero-order valence-corrected chi connectivity index (χ0v) is 10.2. The molecule has 0 saturated heterocycles. The van der Waals surface area contributed by atoms with Crippen molar-refractivity contribution in [3.05, 3.63) is 35.9 Å². The number of aryl methyl sites for hydroxylation is 1. The summed E-state index contributed by atoms with van der Waals surface area (Å²) in [5.74, 6) is -0.348. The number of amides is 1. The Morgan fingerprint density at radius 2 is 1.83 bits per heavy atom. The number of carbonyl (C=O) groups is 1. The normalized spacial score (nSPS) is 12.4. The van der Waals surface area contributed by atoms with Crippen LogP contribution in [0.1, 0.15) is 12.0 Å². The van der Waals surface area contributed by atoms with Crippen molar-refractivity contribution in [2.45, 2.75) is 24.9 Å². The van der Waals surface area contributed by atoms with Gasteiger partial charge in [-0.25, -0.2) is 0 Å². The predicted molar refractivity (Wildman–Crippen MR) is 68.8 cm³/mol. The van der Waals surface area contributed by atoms with Gasteiger partial charge in [0.15, 0.2) is 0 Å². The Balaban J connectivity index is 2.36. The summed E-state index contributed by atoms with van der Waals surface area (Å²) in [4.78, 5) is 11.6. The summed E-state index contributed by atoms with van der Waals surface area (Å²) < 4.78 is 0. The molecule has 0 bridgehead atoms. The predicted octanol–water partition coefficient (Wildman–Crippen LogP) is -0.584. The highest BCUT2D eigenvalue weighted by molar-refractivity contribution is 5.81. The summed E-state index contributed by atoms with van der Waals surface area (Å²) in [6.45, 7) is -0.596. The van der Waals surface area contributed by atoms with Crippen molar-refractivity contribution in [1.82, 2.24) is 5.32 Å². The van der Waals surface area contributed by atoms with Crippen molar-refractivity contribution < 1.29 is 15.0 Å². The number of aliphatic hydroxyl groups is 2. The molecular weight excluding hydrogens is 232 g/mol. The van der Waals surface area contributed by atoms with Crippen LogP contribution in [0, 0.1) is 0 Å². The minimum absolute atomic E-state index is 0.298. The maximum Gasteiger partial charge on any atom is 0.237 e. The fourth-order valence-corrected chi connectivity index (χ4v) is 1.56. The van der Waals surface area contributed by atoms with E-state index in [1.807, 2.05) is 30.3 Å². The largest absolute Gasteiger partial charge is 0.394 e. The van der Waals surface area contributed by atoms with E-state index in [9.17, 15) is 4.79 Å². The third-order valence-corrected chi connectivity index (χ3v) is 2.71. The molecule has 1 unspecified atom stereocenters. The topological polar surface area (TPSA) is 95.6 Å². The fraction of sp³-hybridized carbons (Fsp3) is 0.462. The molecule has 5 heteroatoms. The van der Waals surface area contributed by atoms with Crippen molar-refractivity contribution in [2.24, 2.45) is 5.73 Å². The lowest BCUT2D eigenvalue weighted by Gasteiger charge is -2.17. The van der Waals surface area contributed by atoms with E-state index >= 15 is 0 Å². The van der Waals surface area contributed by atoms with Gasteiger partial charge in [0.25, 0.3) is 0 Å². The molecule has 0 aromatic heterocycles. The molecule has 0 fully saturated rings. The first-order chi connectivity index (χ1) is 8.67. The minimum Gasteiger partial charge on any atom is -0.394 e. The molecule has 1 aromatic carbocycles. The second kappa shape index (κ2) is 7.81. The summed E-state index contributed by atoms with van der Waals surface area (Å²) in [6, 6.07) is 8.50. The highest BCUT2D eigenvalue weighted by Crippen LogP contribution is 2.04. The fourth-order valence-electron chi connectivity index (χ4n) is 1.56. The highest BCUT2D eigenvalue weighted by atomic mass is 16.3. The Hall–Kier alpha value is -1.43. The lowest BCUT2D eigenvalue weighted by Crippen LogP contribution is -2.48. The van der Waals surface area contributed by atoms with Crippen LogP contribution in [0.3, 0.4) is 0 Å². The van der Waals surface area contributed by atoms with Gasteiger partial charge in [-0.05, 0) is 18.4 Å². The number of hydrogen-bond acceptors (Lipinski definition) is 4. The van der Waals surface area contributed by atoms with Crippen molar-refractivity contribution in [2.75, 3.05) is 13.2 Å². The molecule has 1 rings (SSSR count). The van der Waals surface area contributed by atoms with E-state index in [4.69, 9.17) is 15.9 Å². The quantitative estimate of drug-likeness (QED) is 0.522. The zero-order chi connectivity index (χ0) is 13.4. The van der Waals surface area contributed by atoms with Gasteiger partial charge in [0.05, 0.1) is 25.3 Å². The van der Waals surface area contributed by atoms with E-state index in [-0.39, 0.29) is 19.1 Å². The summed E-state index contributed by atoms with van der Waals surface area (Å²) >= 11 is 0. The van der Waals surface area contributed by atoms with Crippen LogP contribution in [0.2, 0.25) is 0 Å². The molecule has 0 aliphatic heterocycles. The third kappa shape index (κ3) is 4.83. The van der Waals surface area contributed by atoms with Gasteiger partial charge in [-0.1, -0.05) is 30.3 Å². The first kappa shape index (κ1) is 14.6. The van der Waals surface area contributed by atoms with Gasteiger partial charge in [-0.3, -0.25) is 4.79 Å². The Morgan fingerprint density at radius 3 is 2.39 bits per heavy atom. The SMILES string of the molecule is NC(CCc1ccccc1)C(=O)NC(CO)CO. The van der Waals surface area contributed by atoms with Crippen molar-refractivity contribution in [3.8, 4) is 0 Å². The van der Waals surface area contributed by atoms with Crippen LogP contribution in [-0.4, -0.2) is 41.4 Å². The van der Waals surface area contributed by atoms with Crippen molar-refractivity contribution in [1.29, 1.82) is 0 Å². The monoisotopic (exact) mass is 252 g/mol. The number of rotatable bonds is 7. The smallest absolute Gasteiger partial charge is 0.237 e. The third-order valence-electron chi connectivity index (χ3n) is 2.71. The first-order valence-electron chi connectivity index (χ1n) is 5.99. The molecule has 0 radical (unpaired) electrons. The highest BCUT2D eigenvalue weighted by Gasteiger charge is 2.16. The van der Waals surface area contributed by atoms with E-state index in [1.54, 1.807) is 0 Å². The molecule has 0 spiro atoms. The Labute approximate surface area is 107 Å². The van der Waals surface area contributed by atoms with E-state index in [1.165, 1.54) is 0 Å². The van der Waals surface area contributed by atoms with Crippen LogP contribution in [0.4, 0.5) is 0 Å². The van der Waals surface area contributed by atoms with Crippen LogP contribution in [0.25, 0.3) is 0 Å². The van der Waals surface area contributed by atoms with E-state index < -0.39 is 12.1 Å². The lowest BCUT2D eigenvalue weighted by molar-refractivity contribution is -0.123. The van der Waals surface area contributed by atoms with E-state index in [2.05, 4.69) is 5.32 Å². The summed E-state index contributed by atoms with van der Waals surface area (Å²) in [5, 5.41) is 20.2. The van der Waals surface area contributed by atoms with Gasteiger partial charge >= 0.3 is 0 Å². The second-order valence-electron chi connectivity index (χ2n) is 4.20. The molecule has 0 saturated carbocycles. The molecular formula is C13H20N2O3. The molecule has 100 valence electrons. The lowest BCUT2D eigenvalue weighted by atomic mass is 10.1. The maximum atomic E-state index is 11.6. The average molecular weight is 252 g/mol. The number of nitrogens with two attached hydrogens (primary N) is 1. The van der Waals surface area contributed by atoms with Crippen LogP contribution < -0.4 is 11.1 Å². The van der Waals surface area contributed by atoms with E-state index in [0.29, 0.717) is 6.42 Å². The van der Waals surface area contributed by atoms with Gasteiger partial charge in [-0.15, -0.1) is 0 Å². The van der Waals surface area contributed by atoms with Crippen LogP contribution in [-0.2, 0) is 11.2 Å². The van der Waals surface area contributed by atoms with Crippen LogP contribution in [0.5, 0.6) is 0 Å². The van der Waals surface area contributed by atoms with Crippen molar-refractivity contribution >= 4 is 5.91 Å². The van der Waals surface area contributed by atoms with Gasteiger partial charge in [0, 0.05) is 0 Å². The van der Waals surface area contributed by atoms with Crippen molar-refractivity contribution in [3.63, 3.8) is 0 Å². The molecule has 1 atom stereocenters. The summed E-state index contributed by atoms with van der Waals surface area (Å²) in [6.07, 6.45) is 1.25. The van der Waals surface area contributed by atoms with Crippen LogP contribution >= 0.6 is 0 Å². The molecule has 5 N–H and O–H groups in total. The first-order valence-corrected chi connectivity index (χ1v) is 5.99. The number of benzene rings is 1. The average Bonchev–Trinajstić information content (AvgIpc) is 2.42. The molecule has 0 aliphatic rings. The molecule has 1 amide bonds. The number of carbonyl (C=O) groups excluding carboxylic acids is 1. The van der Waals surface area contributed by atoms with Gasteiger partial charge in [0.2, 0.25) is 5.91 Å². The van der Waals surface area contributed by atoms with E-state index in [0.717, 1.165) is 12.0 Å². The van der Waals surface area contributed by atoms with Gasteiger partial charge < -0.3 is 21.3 Å². The Morgan fingerprint density at radius 1 is 1.22 bits per heavy atom. The molecule has 5 nitrogen and oxygen atoms in total. The minimum atomic E-state index is -0.639. The standard InChI is InChI=1S/C13H20N2O3/c14-12(13(18)15-11(8-16)9-17)7-6-10-4-2-1-3-5-10/h1-5,11-12,16-17H,6-9,14H2,(H,15,18). The molecule has 0 aliphatic carbocycles. The molecule has 1 aromatic rings. The Bertz CT molecular complexity index is 353. The maximum absolute atomic E-state index is 11.6. The van der Waals surface area contributed by atoms with Gasteiger partial charge in [-0.2, -0.15) is 0 Å². The molecule has 18 heavy (non-hydrogen) atoms. The van der Waals surface area contributed by atoms with Crippen LogP contribution in [0.15, 0.2) is 30.3 Å². The summed E-state index contributed by atoms with van der Waals surface area (Å²) in [5.41, 5.74) is 6.87. The number of nitrogens with one attached hydrogen (secondary N) is 1. The Kier molecular flexibility index (Phi) is 6.35. The number of hydrogen-bond donors (Lipinski definition) is 4. The second-order valence-corrected chi connectivity index (χ2v) is 4.20. The summed E-state index contributed by atoms with van der Waals surface area (Å²) in [7, 11) is 0.